The molecular weight excluding hydrogens is 570 g/mol. The molecule has 11 nitrogen and oxygen atoms in total. The van der Waals surface area contributed by atoms with Crippen LogP contribution < -0.4 is 15.0 Å². The van der Waals surface area contributed by atoms with Crippen molar-refractivity contribution in [2.45, 2.75) is 70.7 Å². The lowest BCUT2D eigenvalue weighted by atomic mass is 9.94. The number of aromatic nitrogens is 2. The zero-order valence-corrected chi connectivity index (χ0v) is 27.0. The smallest absolute Gasteiger partial charge is 0.410 e. The number of carbonyl (C=O) groups is 2. The van der Waals surface area contributed by atoms with Crippen molar-refractivity contribution in [2.24, 2.45) is 0 Å². The fraction of sp³-hybridized carbons (Fsp3) is 0.500. The first-order valence-corrected chi connectivity index (χ1v) is 15.6. The Balaban J connectivity index is 1.49. The largest absolute Gasteiger partial charge is 0.469 e. The lowest BCUT2D eigenvalue weighted by Gasteiger charge is -2.42. The summed E-state index contributed by atoms with van der Waals surface area (Å²) in [5, 5.41) is 14.9. The molecule has 2 aromatic carbocycles. The Hall–Kier alpha value is -4.43. The van der Waals surface area contributed by atoms with Crippen LogP contribution in [0.4, 0.5) is 10.6 Å². The molecule has 11 heteroatoms. The number of benzene rings is 2. The Morgan fingerprint density at radius 3 is 2.64 bits per heavy atom. The van der Waals surface area contributed by atoms with E-state index in [1.165, 1.54) is 0 Å². The molecule has 0 radical (unpaired) electrons. The van der Waals surface area contributed by atoms with E-state index in [0.717, 1.165) is 21.9 Å². The quantitative estimate of drug-likeness (QED) is 0.403. The molecule has 0 aliphatic carbocycles. The van der Waals surface area contributed by atoms with Gasteiger partial charge in [-0.2, -0.15) is 10.2 Å². The van der Waals surface area contributed by atoms with Crippen LogP contribution in [0.15, 0.2) is 42.5 Å². The average Bonchev–Trinajstić information content (AvgIpc) is 2.98. The lowest BCUT2D eigenvalue weighted by molar-refractivity contribution is 0.0144. The maximum absolute atomic E-state index is 13.5. The Morgan fingerprint density at radius 1 is 1.16 bits per heavy atom. The molecule has 45 heavy (non-hydrogen) atoms. The third-order valence-electron chi connectivity index (χ3n) is 7.98. The van der Waals surface area contributed by atoms with Crippen molar-refractivity contribution in [1.29, 1.82) is 5.26 Å². The number of rotatable bonds is 7. The number of likely N-dealkylation sites (N-methyl/N-ethyl adjacent to an activating group) is 1. The van der Waals surface area contributed by atoms with Crippen molar-refractivity contribution in [2.75, 3.05) is 45.2 Å². The van der Waals surface area contributed by atoms with E-state index in [9.17, 15) is 14.9 Å². The SMILES string of the molecule is C[C@H](CN(C)C)NC(=O)c1nc2c(c(N3CCN(C(=O)OC(C)(C)C)C(CC#N)C3)n1)CCC(c1cccc3ccccc13)O2. The number of hydrogen-bond donors (Lipinski definition) is 1. The number of amides is 2. The highest BCUT2D eigenvalue weighted by Gasteiger charge is 2.37. The van der Waals surface area contributed by atoms with Crippen LogP contribution in [-0.2, 0) is 11.2 Å². The molecule has 1 aromatic heterocycles. The summed E-state index contributed by atoms with van der Waals surface area (Å²) in [5.74, 6) is 0.638. The minimum atomic E-state index is -0.652. The number of carbonyl (C=O) groups excluding carboxylic acids is 2. The van der Waals surface area contributed by atoms with Crippen molar-refractivity contribution in [1.82, 2.24) is 25.1 Å². The summed E-state index contributed by atoms with van der Waals surface area (Å²) in [4.78, 5) is 41.7. The molecule has 1 N–H and O–H groups in total. The number of piperazine rings is 1. The molecule has 238 valence electrons. The molecule has 3 heterocycles. The molecule has 0 spiro atoms. The molecule has 3 atom stereocenters. The maximum atomic E-state index is 13.5. The zero-order chi connectivity index (χ0) is 32.3. The summed E-state index contributed by atoms with van der Waals surface area (Å²) in [6.07, 6.45) is 0.807. The first kappa shape index (κ1) is 32.0. The number of anilines is 1. The van der Waals surface area contributed by atoms with Gasteiger partial charge in [0.05, 0.1) is 24.1 Å². The monoisotopic (exact) mass is 613 g/mol. The van der Waals surface area contributed by atoms with Crippen molar-refractivity contribution < 1.29 is 19.1 Å². The van der Waals surface area contributed by atoms with E-state index >= 15 is 0 Å². The molecular formula is C34H43N7O4. The minimum absolute atomic E-state index is 0.0272. The van der Waals surface area contributed by atoms with E-state index in [4.69, 9.17) is 14.5 Å². The van der Waals surface area contributed by atoms with E-state index in [2.05, 4.69) is 40.6 Å². The molecule has 1 fully saturated rings. The van der Waals surface area contributed by atoms with Crippen LogP contribution in [0.1, 0.15) is 68.4 Å². The third kappa shape index (κ3) is 7.45. The lowest BCUT2D eigenvalue weighted by Crippen LogP contribution is -2.56. The normalized spacial score (nSPS) is 19.0. The summed E-state index contributed by atoms with van der Waals surface area (Å²) in [6, 6.07) is 16.1. The van der Waals surface area contributed by atoms with E-state index in [-0.39, 0.29) is 30.3 Å². The van der Waals surface area contributed by atoms with Gasteiger partial charge in [0.25, 0.3) is 5.91 Å². The van der Waals surface area contributed by atoms with Crippen molar-refractivity contribution in [3.8, 4) is 11.9 Å². The fourth-order valence-corrected chi connectivity index (χ4v) is 6.12. The van der Waals surface area contributed by atoms with Gasteiger partial charge < -0.3 is 29.5 Å². The van der Waals surface area contributed by atoms with E-state index in [0.29, 0.717) is 50.7 Å². The van der Waals surface area contributed by atoms with Gasteiger partial charge in [-0.05, 0) is 65.4 Å². The molecule has 2 amide bonds. The number of fused-ring (bicyclic) bond motifs is 2. The first-order valence-electron chi connectivity index (χ1n) is 15.6. The van der Waals surface area contributed by atoms with Crippen LogP contribution >= 0.6 is 0 Å². The van der Waals surface area contributed by atoms with Crippen LogP contribution in [0.5, 0.6) is 5.88 Å². The molecule has 1 saturated heterocycles. The second kappa shape index (κ2) is 13.3. The van der Waals surface area contributed by atoms with Crippen LogP contribution in [0, 0.1) is 11.3 Å². The third-order valence-corrected chi connectivity index (χ3v) is 7.98. The van der Waals surface area contributed by atoms with E-state index in [1.807, 2.05) is 69.8 Å². The Morgan fingerprint density at radius 2 is 1.91 bits per heavy atom. The first-order chi connectivity index (χ1) is 21.4. The molecule has 2 aliphatic heterocycles. The van der Waals surface area contributed by atoms with Crippen molar-refractivity contribution in [3.63, 3.8) is 0 Å². The summed E-state index contributed by atoms with van der Waals surface area (Å²) in [6.45, 7) is 9.23. The van der Waals surface area contributed by atoms with Crippen LogP contribution in [-0.4, -0.2) is 89.7 Å². The zero-order valence-electron chi connectivity index (χ0n) is 27.0. The van der Waals surface area contributed by atoms with E-state index < -0.39 is 17.7 Å². The van der Waals surface area contributed by atoms with Gasteiger partial charge in [-0.3, -0.25) is 4.79 Å². The summed E-state index contributed by atoms with van der Waals surface area (Å²) in [5.41, 5.74) is 1.25. The van der Waals surface area contributed by atoms with Gasteiger partial charge in [-0.15, -0.1) is 0 Å². The van der Waals surface area contributed by atoms with E-state index in [1.54, 1.807) is 4.90 Å². The number of ether oxygens (including phenoxy) is 2. The maximum Gasteiger partial charge on any atom is 0.410 e. The standard InChI is InChI=1S/C34H43N7O4/c1-22(20-39(5)6)36-31(42)29-37-30(40-18-19-41(24(21-40)16-17-35)33(43)45-34(2,3)4)27-14-15-28(44-32(27)38-29)26-13-9-11-23-10-7-8-12-25(23)26/h7-13,22,24,28H,14-16,18-21H2,1-6H3,(H,36,42)/t22-,24?,28?/m1/s1. The van der Waals surface area contributed by atoms with Gasteiger partial charge in [-0.1, -0.05) is 42.5 Å². The molecule has 0 bridgehead atoms. The molecule has 0 saturated carbocycles. The number of nitrogens with one attached hydrogen (secondary N) is 1. The summed E-state index contributed by atoms with van der Waals surface area (Å²) < 4.78 is 12.2. The van der Waals surface area contributed by atoms with Gasteiger partial charge in [0.15, 0.2) is 0 Å². The van der Waals surface area contributed by atoms with Gasteiger partial charge in [-0.25, -0.2) is 9.78 Å². The topological polar surface area (TPSA) is 124 Å². The Labute approximate surface area is 265 Å². The second-order valence-electron chi connectivity index (χ2n) is 13.1. The number of nitrogens with zero attached hydrogens (tertiary/aromatic N) is 6. The second-order valence-corrected chi connectivity index (χ2v) is 13.1. The highest BCUT2D eigenvalue weighted by atomic mass is 16.6. The van der Waals surface area contributed by atoms with Gasteiger partial charge >= 0.3 is 6.09 Å². The number of hydrogen-bond acceptors (Lipinski definition) is 9. The fourth-order valence-electron chi connectivity index (χ4n) is 6.12. The highest BCUT2D eigenvalue weighted by Crippen LogP contribution is 2.40. The van der Waals surface area contributed by atoms with Gasteiger partial charge in [0.2, 0.25) is 11.7 Å². The Kier molecular flexibility index (Phi) is 9.44. The van der Waals surface area contributed by atoms with Crippen LogP contribution in [0.25, 0.3) is 10.8 Å². The predicted molar refractivity (Wildman–Crippen MR) is 172 cm³/mol. The molecule has 5 rings (SSSR count). The Bertz CT molecular complexity index is 1590. The predicted octanol–water partition coefficient (Wildman–Crippen LogP) is 4.72. The number of nitriles is 1. The van der Waals surface area contributed by atoms with Crippen LogP contribution in [0.2, 0.25) is 0 Å². The minimum Gasteiger partial charge on any atom is -0.469 e. The average molecular weight is 614 g/mol. The van der Waals surface area contributed by atoms with Crippen molar-refractivity contribution in [3.05, 3.63) is 59.4 Å². The highest BCUT2D eigenvalue weighted by molar-refractivity contribution is 5.91. The molecule has 3 aromatic rings. The summed E-state index contributed by atoms with van der Waals surface area (Å²) in [7, 11) is 3.90. The molecule has 2 unspecified atom stereocenters. The van der Waals surface area contributed by atoms with Crippen LogP contribution in [0.3, 0.4) is 0 Å². The van der Waals surface area contributed by atoms with Gasteiger partial charge in [0.1, 0.15) is 17.5 Å². The molecule has 2 aliphatic rings. The van der Waals surface area contributed by atoms with Gasteiger partial charge in [0, 0.05) is 37.8 Å². The summed E-state index contributed by atoms with van der Waals surface area (Å²) >= 11 is 0. The van der Waals surface area contributed by atoms with Crippen molar-refractivity contribution >= 4 is 28.6 Å².